The van der Waals surface area contributed by atoms with Gasteiger partial charge in [0, 0.05) is 0 Å². The summed E-state index contributed by atoms with van der Waals surface area (Å²) in [5, 5.41) is 0. The van der Waals surface area contributed by atoms with Crippen molar-refractivity contribution < 1.29 is 0 Å². The van der Waals surface area contributed by atoms with E-state index in [1.54, 1.807) is 0 Å². The minimum Gasteiger partial charge on any atom is -0.165 e. The van der Waals surface area contributed by atoms with Crippen LogP contribution in [0.1, 0.15) is 40.0 Å². The number of rotatable bonds is 6. The van der Waals surface area contributed by atoms with Crippen LogP contribution in [0.15, 0.2) is 11.6 Å². The SMILES string of the molecule is CSCC[C@H](C)CCC=C(C)C. The molecule has 0 aromatic heterocycles. The number of allylic oxidation sites excluding steroid dienone is 2. The van der Waals surface area contributed by atoms with Crippen LogP contribution in [0, 0.1) is 5.92 Å². The Bertz CT molecular complexity index is 123. The number of hydrogen-bond donors (Lipinski definition) is 0. The lowest BCUT2D eigenvalue weighted by Gasteiger charge is -2.07. The van der Waals surface area contributed by atoms with Gasteiger partial charge < -0.3 is 0 Å². The van der Waals surface area contributed by atoms with E-state index in [2.05, 4.69) is 33.1 Å². The molecule has 0 saturated carbocycles. The first-order valence-electron chi connectivity index (χ1n) is 4.79. The fraction of sp³-hybridized carbons (Fsp3) is 0.818. The quantitative estimate of drug-likeness (QED) is 0.562. The summed E-state index contributed by atoms with van der Waals surface area (Å²) in [6, 6.07) is 0. The van der Waals surface area contributed by atoms with Gasteiger partial charge >= 0.3 is 0 Å². The van der Waals surface area contributed by atoms with E-state index in [0.29, 0.717) is 0 Å². The molecule has 0 spiro atoms. The Morgan fingerprint density at radius 2 is 2.00 bits per heavy atom. The molecule has 0 unspecified atom stereocenters. The van der Waals surface area contributed by atoms with Crippen molar-refractivity contribution in [1.29, 1.82) is 0 Å². The van der Waals surface area contributed by atoms with Gasteiger partial charge in [-0.15, -0.1) is 0 Å². The van der Waals surface area contributed by atoms with Crippen LogP contribution in [0.25, 0.3) is 0 Å². The zero-order valence-electron chi connectivity index (χ0n) is 8.89. The maximum absolute atomic E-state index is 2.36. The van der Waals surface area contributed by atoms with E-state index >= 15 is 0 Å². The molecule has 0 aliphatic carbocycles. The number of hydrogen-bond acceptors (Lipinski definition) is 1. The van der Waals surface area contributed by atoms with Crippen molar-refractivity contribution >= 4 is 11.8 Å². The van der Waals surface area contributed by atoms with Crippen molar-refractivity contribution in [3.8, 4) is 0 Å². The van der Waals surface area contributed by atoms with E-state index < -0.39 is 0 Å². The molecule has 0 N–H and O–H groups in total. The highest BCUT2D eigenvalue weighted by Crippen LogP contribution is 2.13. The summed E-state index contributed by atoms with van der Waals surface area (Å²) in [6.45, 7) is 6.70. The van der Waals surface area contributed by atoms with Gasteiger partial charge in [0.1, 0.15) is 0 Å². The maximum atomic E-state index is 2.36. The molecular formula is C11H22S. The molecule has 0 saturated heterocycles. The van der Waals surface area contributed by atoms with Gasteiger partial charge in [-0.25, -0.2) is 0 Å². The first-order chi connectivity index (χ1) is 5.66. The second-order valence-electron chi connectivity index (χ2n) is 3.75. The molecule has 1 atom stereocenters. The molecule has 0 nitrogen and oxygen atoms in total. The molecule has 1 heteroatoms. The molecule has 0 radical (unpaired) electrons. The molecule has 0 rings (SSSR count). The fourth-order valence-corrected chi connectivity index (χ4v) is 1.76. The van der Waals surface area contributed by atoms with E-state index in [1.165, 1.54) is 30.6 Å². The lowest BCUT2D eigenvalue weighted by Crippen LogP contribution is -1.95. The minimum absolute atomic E-state index is 0.896. The first kappa shape index (κ1) is 12.1. The van der Waals surface area contributed by atoms with E-state index in [1.807, 2.05) is 11.8 Å². The lowest BCUT2D eigenvalue weighted by atomic mass is 10.0. The predicted octanol–water partition coefficient (Wildman–Crippen LogP) is 4.12. The zero-order chi connectivity index (χ0) is 9.40. The summed E-state index contributed by atoms with van der Waals surface area (Å²) in [5.41, 5.74) is 1.45. The molecule has 0 aliphatic heterocycles. The van der Waals surface area contributed by atoms with Gasteiger partial charge in [-0.05, 0) is 51.0 Å². The molecular weight excluding hydrogens is 164 g/mol. The normalized spacial score (nSPS) is 12.7. The molecule has 0 bridgehead atoms. The van der Waals surface area contributed by atoms with Crippen LogP contribution in [0.3, 0.4) is 0 Å². The van der Waals surface area contributed by atoms with Gasteiger partial charge in [-0.3, -0.25) is 0 Å². The lowest BCUT2D eigenvalue weighted by molar-refractivity contribution is 0.525. The largest absolute Gasteiger partial charge is 0.165 e. The first-order valence-corrected chi connectivity index (χ1v) is 6.18. The van der Waals surface area contributed by atoms with Crippen LogP contribution in [-0.4, -0.2) is 12.0 Å². The Kier molecular flexibility index (Phi) is 7.78. The van der Waals surface area contributed by atoms with Crippen LogP contribution >= 0.6 is 11.8 Å². The van der Waals surface area contributed by atoms with E-state index in [9.17, 15) is 0 Å². The maximum Gasteiger partial charge on any atom is -0.00678 e. The summed E-state index contributed by atoms with van der Waals surface area (Å²) in [4.78, 5) is 0. The third-order valence-electron chi connectivity index (χ3n) is 2.03. The monoisotopic (exact) mass is 186 g/mol. The molecule has 0 heterocycles. The topological polar surface area (TPSA) is 0 Å². The van der Waals surface area contributed by atoms with Crippen molar-refractivity contribution in [3.63, 3.8) is 0 Å². The summed E-state index contributed by atoms with van der Waals surface area (Å²) < 4.78 is 0. The third kappa shape index (κ3) is 8.19. The van der Waals surface area contributed by atoms with Gasteiger partial charge in [0.25, 0.3) is 0 Å². The highest BCUT2D eigenvalue weighted by Gasteiger charge is 1.99. The second-order valence-corrected chi connectivity index (χ2v) is 4.73. The van der Waals surface area contributed by atoms with Crippen molar-refractivity contribution in [1.82, 2.24) is 0 Å². The van der Waals surface area contributed by atoms with E-state index in [-0.39, 0.29) is 0 Å². The number of thioether (sulfide) groups is 1. The Labute approximate surface area is 81.8 Å². The summed E-state index contributed by atoms with van der Waals surface area (Å²) in [6.07, 6.45) is 8.51. The second kappa shape index (κ2) is 7.72. The van der Waals surface area contributed by atoms with Crippen LogP contribution in [0.4, 0.5) is 0 Å². The Morgan fingerprint density at radius 1 is 1.33 bits per heavy atom. The smallest absolute Gasteiger partial charge is 0.00678 e. The predicted molar refractivity (Wildman–Crippen MR) is 60.8 cm³/mol. The standard InChI is InChI=1S/C11H22S/c1-10(2)6-5-7-11(3)8-9-12-4/h6,11H,5,7-9H2,1-4H3/t11-/m1/s1. The van der Waals surface area contributed by atoms with Crippen molar-refractivity contribution in [2.45, 2.75) is 40.0 Å². The molecule has 0 aromatic carbocycles. The van der Waals surface area contributed by atoms with Gasteiger partial charge in [0.05, 0.1) is 0 Å². The van der Waals surface area contributed by atoms with Gasteiger partial charge in [0.2, 0.25) is 0 Å². The third-order valence-corrected chi connectivity index (χ3v) is 2.67. The van der Waals surface area contributed by atoms with Crippen LogP contribution < -0.4 is 0 Å². The molecule has 0 aliphatic rings. The van der Waals surface area contributed by atoms with Crippen molar-refractivity contribution in [2.24, 2.45) is 5.92 Å². The zero-order valence-corrected chi connectivity index (χ0v) is 9.71. The Hall–Kier alpha value is 0.0900. The van der Waals surface area contributed by atoms with Crippen LogP contribution in [-0.2, 0) is 0 Å². The highest BCUT2D eigenvalue weighted by molar-refractivity contribution is 7.98. The van der Waals surface area contributed by atoms with Gasteiger partial charge in [0.15, 0.2) is 0 Å². The summed E-state index contributed by atoms with van der Waals surface area (Å²) in [5.74, 6) is 2.21. The van der Waals surface area contributed by atoms with E-state index in [4.69, 9.17) is 0 Å². The molecule has 0 amide bonds. The average molecular weight is 186 g/mol. The Morgan fingerprint density at radius 3 is 2.50 bits per heavy atom. The molecule has 0 fully saturated rings. The van der Waals surface area contributed by atoms with Crippen LogP contribution in [0.2, 0.25) is 0 Å². The minimum atomic E-state index is 0.896. The van der Waals surface area contributed by atoms with E-state index in [0.717, 1.165) is 5.92 Å². The highest BCUT2D eigenvalue weighted by atomic mass is 32.2. The molecule has 12 heavy (non-hydrogen) atoms. The van der Waals surface area contributed by atoms with Gasteiger partial charge in [-0.1, -0.05) is 18.6 Å². The van der Waals surface area contributed by atoms with Gasteiger partial charge in [-0.2, -0.15) is 11.8 Å². The summed E-state index contributed by atoms with van der Waals surface area (Å²) >= 11 is 1.95. The average Bonchev–Trinajstić information content (AvgIpc) is 2.00. The summed E-state index contributed by atoms with van der Waals surface area (Å²) in [7, 11) is 0. The molecule has 0 aromatic rings. The molecule has 72 valence electrons. The Balaban J connectivity index is 3.31. The fourth-order valence-electron chi connectivity index (χ4n) is 1.12. The van der Waals surface area contributed by atoms with Crippen molar-refractivity contribution in [2.75, 3.05) is 12.0 Å². The van der Waals surface area contributed by atoms with Crippen LogP contribution in [0.5, 0.6) is 0 Å². The van der Waals surface area contributed by atoms with Crippen molar-refractivity contribution in [3.05, 3.63) is 11.6 Å².